The fourth-order valence-corrected chi connectivity index (χ4v) is 6.13. The Labute approximate surface area is 164 Å². The first-order valence-electron chi connectivity index (χ1n) is 7.73. The number of carbonyl (C=O) groups excluding carboxylic acids is 1. The van der Waals surface area contributed by atoms with E-state index < -0.39 is 10.0 Å². The first-order valence-corrected chi connectivity index (χ1v) is 11.2. The van der Waals surface area contributed by atoms with Crippen molar-refractivity contribution in [2.75, 3.05) is 18.4 Å². The molecule has 1 aliphatic rings. The van der Waals surface area contributed by atoms with Crippen LogP contribution in [0.5, 0.6) is 0 Å². The second-order valence-electron chi connectivity index (χ2n) is 5.66. The fraction of sp³-hybridized carbons (Fsp3) is 0.312. The SMILES string of the molecule is O=C(Nc1ccc(Cl)c(S(=O)(=O)N2CCCCC2)c1)c1sccc1Br. The van der Waals surface area contributed by atoms with Gasteiger partial charge in [-0.2, -0.15) is 4.31 Å². The van der Waals surface area contributed by atoms with Crippen LogP contribution >= 0.6 is 38.9 Å². The number of amides is 1. The lowest BCUT2D eigenvalue weighted by atomic mass is 10.2. The molecule has 1 amide bonds. The molecule has 2 aromatic rings. The molecule has 1 fully saturated rings. The van der Waals surface area contributed by atoms with Crippen LogP contribution in [0.3, 0.4) is 0 Å². The molecular formula is C16H16BrClN2O3S2. The Morgan fingerprint density at radius 3 is 2.56 bits per heavy atom. The highest BCUT2D eigenvalue weighted by molar-refractivity contribution is 9.10. The summed E-state index contributed by atoms with van der Waals surface area (Å²) < 4.78 is 27.9. The van der Waals surface area contributed by atoms with Gasteiger partial charge in [-0.25, -0.2) is 8.42 Å². The monoisotopic (exact) mass is 462 g/mol. The Morgan fingerprint density at radius 2 is 1.92 bits per heavy atom. The summed E-state index contributed by atoms with van der Waals surface area (Å²) in [5, 5.41) is 4.68. The summed E-state index contributed by atoms with van der Waals surface area (Å²) in [6, 6.07) is 6.30. The highest BCUT2D eigenvalue weighted by Crippen LogP contribution is 2.30. The van der Waals surface area contributed by atoms with Gasteiger partial charge < -0.3 is 5.32 Å². The van der Waals surface area contributed by atoms with Gasteiger partial charge in [0.25, 0.3) is 5.91 Å². The van der Waals surface area contributed by atoms with Crippen LogP contribution in [0.15, 0.2) is 39.0 Å². The number of benzene rings is 1. The smallest absolute Gasteiger partial charge is 0.266 e. The van der Waals surface area contributed by atoms with Crippen molar-refractivity contribution in [3.8, 4) is 0 Å². The Balaban J connectivity index is 1.88. The number of nitrogens with one attached hydrogen (secondary N) is 1. The first-order chi connectivity index (χ1) is 11.9. The van der Waals surface area contributed by atoms with Gasteiger partial charge in [-0.15, -0.1) is 11.3 Å². The number of sulfonamides is 1. The summed E-state index contributed by atoms with van der Waals surface area (Å²) in [4.78, 5) is 12.9. The number of thiophene rings is 1. The Kier molecular flexibility index (Phi) is 5.85. The van der Waals surface area contributed by atoms with Crippen LogP contribution in [0.25, 0.3) is 0 Å². The van der Waals surface area contributed by atoms with Crippen LogP contribution in [0.4, 0.5) is 5.69 Å². The van der Waals surface area contributed by atoms with E-state index in [0.29, 0.717) is 28.1 Å². The van der Waals surface area contributed by atoms with E-state index in [1.54, 1.807) is 17.5 Å². The van der Waals surface area contributed by atoms with Gasteiger partial charge in [-0.3, -0.25) is 4.79 Å². The zero-order valence-electron chi connectivity index (χ0n) is 13.2. The van der Waals surface area contributed by atoms with Crippen molar-refractivity contribution in [3.63, 3.8) is 0 Å². The number of rotatable bonds is 4. The van der Waals surface area contributed by atoms with Crippen molar-refractivity contribution in [1.82, 2.24) is 4.31 Å². The molecule has 0 radical (unpaired) electrons. The molecule has 0 bridgehead atoms. The van der Waals surface area contributed by atoms with Crippen LogP contribution < -0.4 is 5.32 Å². The number of halogens is 2. The maximum atomic E-state index is 12.9. The maximum absolute atomic E-state index is 12.9. The number of nitrogens with zero attached hydrogens (tertiary/aromatic N) is 1. The molecular weight excluding hydrogens is 448 g/mol. The van der Waals surface area contributed by atoms with Crippen molar-refractivity contribution >= 4 is 60.5 Å². The topological polar surface area (TPSA) is 66.5 Å². The van der Waals surface area contributed by atoms with E-state index in [1.165, 1.54) is 27.8 Å². The van der Waals surface area contributed by atoms with E-state index in [1.807, 2.05) is 0 Å². The zero-order chi connectivity index (χ0) is 18.0. The molecule has 0 spiro atoms. The Morgan fingerprint density at radius 1 is 1.20 bits per heavy atom. The zero-order valence-corrected chi connectivity index (χ0v) is 17.1. The second-order valence-corrected chi connectivity index (χ2v) is 9.75. The molecule has 0 aliphatic carbocycles. The molecule has 1 N–H and O–H groups in total. The van der Waals surface area contributed by atoms with E-state index >= 15 is 0 Å². The molecule has 0 atom stereocenters. The summed E-state index contributed by atoms with van der Waals surface area (Å²) in [5.74, 6) is -0.300. The van der Waals surface area contributed by atoms with Crippen LogP contribution in [-0.4, -0.2) is 31.7 Å². The number of piperidine rings is 1. The van der Waals surface area contributed by atoms with Gasteiger partial charge in [0.05, 0.1) is 5.02 Å². The van der Waals surface area contributed by atoms with Crippen molar-refractivity contribution in [2.45, 2.75) is 24.2 Å². The molecule has 1 aliphatic heterocycles. The van der Waals surface area contributed by atoms with E-state index in [9.17, 15) is 13.2 Å². The van der Waals surface area contributed by atoms with Crippen LogP contribution in [-0.2, 0) is 10.0 Å². The maximum Gasteiger partial charge on any atom is 0.266 e. The quantitative estimate of drug-likeness (QED) is 0.721. The second kappa shape index (κ2) is 7.75. The first kappa shape index (κ1) is 18.8. The molecule has 25 heavy (non-hydrogen) atoms. The van der Waals surface area contributed by atoms with Crippen molar-refractivity contribution < 1.29 is 13.2 Å². The molecule has 134 valence electrons. The number of hydrogen-bond donors (Lipinski definition) is 1. The van der Waals surface area contributed by atoms with Gasteiger partial charge in [0.2, 0.25) is 10.0 Å². The largest absolute Gasteiger partial charge is 0.321 e. The third-order valence-corrected chi connectivity index (χ3v) is 8.16. The summed E-state index contributed by atoms with van der Waals surface area (Å²) in [7, 11) is -3.67. The standard InChI is InChI=1S/C16H16BrClN2O3S2/c17-12-6-9-24-15(12)16(21)19-11-4-5-13(18)14(10-11)25(22,23)20-7-2-1-3-8-20/h4-6,9-10H,1-3,7-8H2,(H,19,21). The van der Waals surface area contributed by atoms with Crippen molar-refractivity contribution in [2.24, 2.45) is 0 Å². The van der Waals surface area contributed by atoms with E-state index in [4.69, 9.17) is 11.6 Å². The lowest BCUT2D eigenvalue weighted by Gasteiger charge is -2.26. The third kappa shape index (κ3) is 4.09. The minimum absolute atomic E-state index is 0.0270. The Hall–Kier alpha value is -0.930. The lowest BCUT2D eigenvalue weighted by molar-refractivity contribution is 0.103. The molecule has 0 saturated carbocycles. The molecule has 0 unspecified atom stereocenters. The van der Waals surface area contributed by atoms with Gasteiger partial charge in [0.15, 0.2) is 0 Å². The van der Waals surface area contributed by atoms with E-state index in [0.717, 1.165) is 19.3 Å². The minimum atomic E-state index is -3.67. The number of carbonyl (C=O) groups is 1. The predicted molar refractivity (Wildman–Crippen MR) is 104 cm³/mol. The number of anilines is 1. The molecule has 3 rings (SSSR count). The van der Waals surface area contributed by atoms with Crippen LogP contribution in [0, 0.1) is 0 Å². The average molecular weight is 464 g/mol. The van der Waals surface area contributed by atoms with Gasteiger partial charge in [-0.1, -0.05) is 18.0 Å². The van der Waals surface area contributed by atoms with E-state index in [-0.39, 0.29) is 15.8 Å². The summed E-state index contributed by atoms with van der Waals surface area (Å²) in [6.45, 7) is 0.995. The highest BCUT2D eigenvalue weighted by atomic mass is 79.9. The van der Waals surface area contributed by atoms with Crippen LogP contribution in [0.1, 0.15) is 28.9 Å². The molecule has 1 aromatic carbocycles. The lowest BCUT2D eigenvalue weighted by Crippen LogP contribution is -2.35. The Bertz CT molecular complexity index is 893. The molecule has 9 heteroatoms. The predicted octanol–water partition coefficient (Wildman–Crippen LogP) is 4.59. The minimum Gasteiger partial charge on any atom is -0.321 e. The van der Waals surface area contributed by atoms with Crippen LogP contribution in [0.2, 0.25) is 5.02 Å². The van der Waals surface area contributed by atoms with Gasteiger partial charge in [0, 0.05) is 23.2 Å². The third-order valence-electron chi connectivity index (χ3n) is 3.95. The van der Waals surface area contributed by atoms with E-state index in [2.05, 4.69) is 21.2 Å². The molecule has 2 heterocycles. The molecule has 1 saturated heterocycles. The molecule has 1 aromatic heterocycles. The average Bonchev–Trinajstić information content (AvgIpc) is 3.03. The summed E-state index contributed by atoms with van der Waals surface area (Å²) >= 11 is 10.8. The van der Waals surface area contributed by atoms with Crippen molar-refractivity contribution in [3.05, 3.63) is 44.0 Å². The highest BCUT2D eigenvalue weighted by Gasteiger charge is 2.28. The van der Waals surface area contributed by atoms with Crippen molar-refractivity contribution in [1.29, 1.82) is 0 Å². The van der Waals surface area contributed by atoms with Gasteiger partial charge >= 0.3 is 0 Å². The number of hydrogen-bond acceptors (Lipinski definition) is 4. The fourth-order valence-electron chi connectivity index (χ4n) is 2.67. The normalized spacial score (nSPS) is 15.9. The molecule has 5 nitrogen and oxygen atoms in total. The summed E-state index contributed by atoms with van der Waals surface area (Å²) in [6.07, 6.45) is 2.73. The van der Waals surface area contributed by atoms with Gasteiger partial charge in [0.1, 0.15) is 9.77 Å². The van der Waals surface area contributed by atoms with Gasteiger partial charge in [-0.05, 0) is 58.4 Å². The summed E-state index contributed by atoms with van der Waals surface area (Å²) in [5.41, 5.74) is 0.394.